The molecule has 0 spiro atoms. The van der Waals surface area contributed by atoms with Crippen LogP contribution in [-0.4, -0.2) is 33.0 Å². The van der Waals surface area contributed by atoms with Crippen LogP contribution in [0.2, 0.25) is 0 Å². The van der Waals surface area contributed by atoms with Crippen LogP contribution >= 0.6 is 0 Å². The SMILES string of the molecule is C[N+](C)(C)BCc1ccccc1. The Labute approximate surface area is 75.9 Å². The zero-order valence-electron chi connectivity index (χ0n) is 8.25. The first-order valence-electron chi connectivity index (χ1n) is 4.42. The van der Waals surface area contributed by atoms with Gasteiger partial charge in [-0.3, -0.25) is 0 Å². The highest BCUT2D eigenvalue weighted by molar-refractivity contribution is 6.25. The number of rotatable bonds is 3. The molecule has 0 radical (unpaired) electrons. The van der Waals surface area contributed by atoms with Crippen molar-refractivity contribution in [3.05, 3.63) is 35.9 Å². The van der Waals surface area contributed by atoms with Crippen LogP contribution in [-0.2, 0) is 6.32 Å². The molecule has 0 saturated carbocycles. The number of quaternary nitrogens is 1. The number of benzene rings is 1. The van der Waals surface area contributed by atoms with Gasteiger partial charge in [0.25, 0.3) is 0 Å². The Kier molecular flexibility index (Phi) is 2.93. The minimum absolute atomic E-state index is 1.04. The van der Waals surface area contributed by atoms with Gasteiger partial charge in [0.2, 0.25) is 0 Å². The van der Waals surface area contributed by atoms with Crippen LogP contribution in [0.1, 0.15) is 5.56 Å². The Bertz CT molecular complexity index is 225. The fourth-order valence-corrected chi connectivity index (χ4v) is 1.11. The van der Waals surface area contributed by atoms with Crippen LogP contribution in [0.25, 0.3) is 0 Å². The Morgan fingerprint density at radius 1 is 1.08 bits per heavy atom. The minimum atomic E-state index is 1.04. The monoisotopic (exact) mass is 162 g/mol. The first-order chi connectivity index (χ1) is 5.58. The summed E-state index contributed by atoms with van der Waals surface area (Å²) in [6, 6.07) is 10.6. The van der Waals surface area contributed by atoms with E-state index < -0.39 is 0 Å². The second-order valence-corrected chi connectivity index (χ2v) is 4.25. The quantitative estimate of drug-likeness (QED) is 0.586. The average molecular weight is 162 g/mol. The lowest BCUT2D eigenvalue weighted by molar-refractivity contribution is -0.756. The van der Waals surface area contributed by atoms with Gasteiger partial charge in [0.15, 0.2) is 0 Å². The summed E-state index contributed by atoms with van der Waals surface area (Å²) in [5.41, 5.74) is 1.44. The predicted molar refractivity (Wildman–Crippen MR) is 55.3 cm³/mol. The Morgan fingerprint density at radius 3 is 2.17 bits per heavy atom. The molecule has 0 atom stereocenters. The molecule has 0 aliphatic heterocycles. The van der Waals surface area contributed by atoms with Gasteiger partial charge in [-0.05, 0) is 5.56 Å². The van der Waals surface area contributed by atoms with Crippen LogP contribution in [0.4, 0.5) is 0 Å². The van der Waals surface area contributed by atoms with Gasteiger partial charge < -0.3 is 4.39 Å². The molecule has 0 heterocycles. The summed E-state index contributed by atoms with van der Waals surface area (Å²) >= 11 is 0. The highest BCUT2D eigenvalue weighted by Crippen LogP contribution is 2.00. The first kappa shape index (κ1) is 9.33. The topological polar surface area (TPSA) is 0 Å². The van der Waals surface area contributed by atoms with E-state index in [1.165, 1.54) is 19.3 Å². The Hall–Kier alpha value is -0.755. The van der Waals surface area contributed by atoms with Crippen molar-refractivity contribution in [2.75, 3.05) is 21.1 Å². The molecule has 1 nitrogen and oxygen atoms in total. The lowest BCUT2D eigenvalue weighted by atomic mass is 9.80. The van der Waals surface area contributed by atoms with E-state index in [4.69, 9.17) is 0 Å². The maximum atomic E-state index is 2.23. The molecule has 0 amide bonds. The molecule has 0 aliphatic carbocycles. The van der Waals surface area contributed by atoms with E-state index in [0.717, 1.165) is 4.39 Å². The fourth-order valence-electron chi connectivity index (χ4n) is 1.11. The van der Waals surface area contributed by atoms with Gasteiger partial charge in [-0.1, -0.05) is 30.3 Å². The van der Waals surface area contributed by atoms with Crippen LogP contribution in [0.3, 0.4) is 0 Å². The minimum Gasteiger partial charge on any atom is -0.404 e. The third kappa shape index (κ3) is 3.58. The molecule has 0 bridgehead atoms. The first-order valence-corrected chi connectivity index (χ1v) is 4.42. The molecule has 0 saturated heterocycles. The predicted octanol–water partition coefficient (Wildman–Crippen LogP) is 1.24. The van der Waals surface area contributed by atoms with Gasteiger partial charge in [0.1, 0.15) is 0 Å². The summed E-state index contributed by atoms with van der Waals surface area (Å²) in [6.07, 6.45) is 1.17. The van der Waals surface area contributed by atoms with E-state index in [1.807, 2.05) is 0 Å². The van der Waals surface area contributed by atoms with Crippen LogP contribution in [0, 0.1) is 0 Å². The molecule has 1 rings (SSSR count). The largest absolute Gasteiger partial charge is 0.404 e. The molecule has 0 aromatic heterocycles. The van der Waals surface area contributed by atoms with E-state index in [0.29, 0.717) is 0 Å². The normalized spacial score (nSPS) is 11.2. The van der Waals surface area contributed by atoms with Crippen LogP contribution in [0.15, 0.2) is 30.3 Å². The van der Waals surface area contributed by atoms with E-state index in [-0.39, 0.29) is 0 Å². The molecule has 0 aliphatic rings. The van der Waals surface area contributed by atoms with Crippen molar-refractivity contribution >= 4 is 7.41 Å². The summed E-state index contributed by atoms with van der Waals surface area (Å²) in [7, 11) is 7.87. The molecule has 1 aromatic carbocycles. The summed E-state index contributed by atoms with van der Waals surface area (Å²) < 4.78 is 1.04. The highest BCUT2D eigenvalue weighted by atomic mass is 15.2. The van der Waals surface area contributed by atoms with Crippen molar-refractivity contribution < 1.29 is 4.39 Å². The molecule has 64 valence electrons. The van der Waals surface area contributed by atoms with Crippen LogP contribution < -0.4 is 0 Å². The third-order valence-corrected chi connectivity index (χ3v) is 1.91. The second kappa shape index (κ2) is 3.77. The van der Waals surface area contributed by atoms with Crippen molar-refractivity contribution in [1.82, 2.24) is 0 Å². The summed E-state index contributed by atoms with van der Waals surface area (Å²) in [5, 5.41) is 0. The van der Waals surface area contributed by atoms with Gasteiger partial charge >= 0.3 is 7.41 Å². The molecule has 1 aromatic rings. The smallest absolute Gasteiger partial charge is 0.393 e. The van der Waals surface area contributed by atoms with E-state index >= 15 is 0 Å². The average Bonchev–Trinajstić information content (AvgIpc) is 2.02. The Balaban J connectivity index is 2.44. The van der Waals surface area contributed by atoms with Crippen molar-refractivity contribution in [2.24, 2.45) is 0 Å². The lowest BCUT2D eigenvalue weighted by Gasteiger charge is -2.23. The zero-order valence-corrected chi connectivity index (χ0v) is 8.25. The summed E-state index contributed by atoms with van der Waals surface area (Å²) in [6.45, 7) is 0. The molecule has 0 unspecified atom stereocenters. The summed E-state index contributed by atoms with van der Waals surface area (Å²) in [4.78, 5) is 0. The van der Waals surface area contributed by atoms with Gasteiger partial charge in [-0.15, -0.1) is 0 Å². The molecule has 2 heteroatoms. The number of hydrogen-bond donors (Lipinski definition) is 0. The second-order valence-electron chi connectivity index (χ2n) is 4.25. The maximum Gasteiger partial charge on any atom is 0.393 e. The maximum absolute atomic E-state index is 2.23. The van der Waals surface area contributed by atoms with Crippen molar-refractivity contribution in [3.8, 4) is 0 Å². The van der Waals surface area contributed by atoms with Crippen molar-refractivity contribution in [2.45, 2.75) is 6.32 Å². The van der Waals surface area contributed by atoms with Crippen LogP contribution in [0.5, 0.6) is 0 Å². The van der Waals surface area contributed by atoms with Gasteiger partial charge in [0.05, 0.1) is 0 Å². The zero-order chi connectivity index (χ0) is 9.03. The van der Waals surface area contributed by atoms with E-state index in [9.17, 15) is 0 Å². The van der Waals surface area contributed by atoms with E-state index in [1.54, 1.807) is 0 Å². The number of nitrogens with zero attached hydrogens (tertiary/aromatic N) is 1. The van der Waals surface area contributed by atoms with Crippen molar-refractivity contribution in [3.63, 3.8) is 0 Å². The Morgan fingerprint density at radius 2 is 1.67 bits per heavy atom. The van der Waals surface area contributed by atoms with Gasteiger partial charge in [0, 0.05) is 27.5 Å². The number of hydrogen-bond acceptors (Lipinski definition) is 0. The molecule has 12 heavy (non-hydrogen) atoms. The fraction of sp³-hybridized carbons (Fsp3) is 0.400. The van der Waals surface area contributed by atoms with Crippen molar-refractivity contribution in [1.29, 1.82) is 0 Å². The molecule has 0 fully saturated rings. The van der Waals surface area contributed by atoms with Gasteiger partial charge in [-0.25, -0.2) is 0 Å². The molecular weight excluding hydrogens is 145 g/mol. The third-order valence-electron chi connectivity index (χ3n) is 1.91. The standard InChI is InChI=1S/C10H17BN/c1-12(2,3)11-9-10-7-5-4-6-8-10/h4-8,11H,9H2,1-3H3/q+1. The van der Waals surface area contributed by atoms with E-state index in [2.05, 4.69) is 51.5 Å². The van der Waals surface area contributed by atoms with Gasteiger partial charge in [-0.2, -0.15) is 0 Å². The highest BCUT2D eigenvalue weighted by Gasteiger charge is 2.10. The molecular formula is C10H17BN+. The summed E-state index contributed by atoms with van der Waals surface area (Å²) in [5.74, 6) is 0. The lowest BCUT2D eigenvalue weighted by Crippen LogP contribution is -2.39. The molecule has 0 N–H and O–H groups in total.